The van der Waals surface area contributed by atoms with Crippen LogP contribution >= 0.6 is 11.3 Å². The highest BCUT2D eigenvalue weighted by Gasteiger charge is 2.16. The number of hydrogen-bond acceptors (Lipinski definition) is 5. The molecule has 1 aromatic heterocycles. The summed E-state index contributed by atoms with van der Waals surface area (Å²) in [6.45, 7) is 4.58. The zero-order valence-electron chi connectivity index (χ0n) is 11.4. The van der Waals surface area contributed by atoms with Crippen molar-refractivity contribution in [2.75, 3.05) is 32.1 Å². The zero-order chi connectivity index (χ0) is 13.7. The smallest absolute Gasteiger partial charge is 0.263 e. The second kappa shape index (κ2) is 6.70. The van der Waals surface area contributed by atoms with Gasteiger partial charge in [-0.3, -0.25) is 4.79 Å². The fraction of sp³-hybridized carbons (Fsp3) is 0.667. The molecule has 1 amide bonds. The Morgan fingerprint density at radius 1 is 1.56 bits per heavy atom. The molecule has 1 atom stereocenters. The molecule has 0 aliphatic carbocycles. The van der Waals surface area contributed by atoms with E-state index in [4.69, 9.17) is 5.11 Å². The maximum Gasteiger partial charge on any atom is 0.263 e. The van der Waals surface area contributed by atoms with Gasteiger partial charge in [0.15, 0.2) is 5.13 Å². The van der Waals surface area contributed by atoms with Crippen LogP contribution < -0.4 is 10.2 Å². The Morgan fingerprint density at radius 2 is 2.22 bits per heavy atom. The highest BCUT2D eigenvalue weighted by Crippen LogP contribution is 2.24. The molecular weight excluding hydrogens is 250 g/mol. The Morgan fingerprint density at radius 3 is 2.72 bits per heavy atom. The van der Waals surface area contributed by atoms with Crippen molar-refractivity contribution < 1.29 is 9.90 Å². The van der Waals surface area contributed by atoms with E-state index in [1.165, 1.54) is 11.3 Å². The number of nitrogens with zero attached hydrogens (tertiary/aromatic N) is 2. The number of carbonyl (C=O) groups excluding carboxylic acids is 1. The Kier molecular flexibility index (Phi) is 5.55. The molecule has 0 bridgehead atoms. The van der Waals surface area contributed by atoms with Crippen molar-refractivity contribution in [3.8, 4) is 0 Å². The van der Waals surface area contributed by atoms with Crippen LogP contribution in [0.3, 0.4) is 0 Å². The predicted molar refractivity (Wildman–Crippen MR) is 74.4 cm³/mol. The summed E-state index contributed by atoms with van der Waals surface area (Å²) < 4.78 is 0. The van der Waals surface area contributed by atoms with E-state index in [2.05, 4.69) is 10.3 Å². The van der Waals surface area contributed by atoms with Crippen LogP contribution in [0.4, 0.5) is 5.13 Å². The summed E-state index contributed by atoms with van der Waals surface area (Å²) in [6.07, 6.45) is 0.699. The van der Waals surface area contributed by atoms with E-state index in [0.29, 0.717) is 17.8 Å². The van der Waals surface area contributed by atoms with Crippen molar-refractivity contribution >= 4 is 22.4 Å². The summed E-state index contributed by atoms with van der Waals surface area (Å²) in [7, 11) is 3.81. The quantitative estimate of drug-likeness (QED) is 0.817. The van der Waals surface area contributed by atoms with Gasteiger partial charge in [-0.1, -0.05) is 18.3 Å². The molecule has 0 radical (unpaired) electrons. The van der Waals surface area contributed by atoms with Gasteiger partial charge in [0.1, 0.15) is 4.88 Å². The third kappa shape index (κ3) is 3.96. The lowest BCUT2D eigenvalue weighted by molar-refractivity contribution is 0.0948. The van der Waals surface area contributed by atoms with Crippen molar-refractivity contribution in [2.45, 2.75) is 20.3 Å². The fourth-order valence-corrected chi connectivity index (χ4v) is 2.36. The van der Waals surface area contributed by atoms with Crippen molar-refractivity contribution in [3.05, 3.63) is 10.6 Å². The van der Waals surface area contributed by atoms with Crippen LogP contribution in [0.1, 0.15) is 28.7 Å². The first-order chi connectivity index (χ1) is 8.45. The number of aryl methyl sites for hydroxylation is 1. The molecule has 5 nitrogen and oxygen atoms in total. The minimum absolute atomic E-state index is 0.0807. The summed E-state index contributed by atoms with van der Waals surface area (Å²) in [4.78, 5) is 18.9. The maximum atomic E-state index is 12.0. The number of nitrogens with one attached hydrogen (secondary N) is 1. The molecule has 2 N–H and O–H groups in total. The monoisotopic (exact) mass is 271 g/mol. The molecule has 1 rings (SSSR count). The van der Waals surface area contributed by atoms with E-state index in [1.807, 2.05) is 32.8 Å². The average molecular weight is 271 g/mol. The first-order valence-corrected chi connectivity index (χ1v) is 6.81. The third-order valence-electron chi connectivity index (χ3n) is 2.61. The van der Waals surface area contributed by atoms with Crippen LogP contribution in [0.15, 0.2) is 0 Å². The van der Waals surface area contributed by atoms with Crippen LogP contribution in [0, 0.1) is 12.8 Å². The normalized spacial score (nSPS) is 12.3. The van der Waals surface area contributed by atoms with Gasteiger partial charge < -0.3 is 15.3 Å². The van der Waals surface area contributed by atoms with Gasteiger partial charge in [-0.2, -0.15) is 0 Å². The molecule has 1 heterocycles. The molecular formula is C12H21N3O2S. The lowest BCUT2D eigenvalue weighted by Gasteiger charge is -2.10. The summed E-state index contributed by atoms with van der Waals surface area (Å²) >= 11 is 1.39. The van der Waals surface area contributed by atoms with Gasteiger partial charge in [-0.25, -0.2) is 4.98 Å². The average Bonchev–Trinajstić information content (AvgIpc) is 2.69. The Balaban J connectivity index is 2.61. The highest BCUT2D eigenvalue weighted by molar-refractivity contribution is 7.17. The molecule has 0 saturated carbocycles. The van der Waals surface area contributed by atoms with Crippen molar-refractivity contribution in [1.29, 1.82) is 0 Å². The second-order valence-electron chi connectivity index (χ2n) is 4.63. The molecule has 6 heteroatoms. The molecule has 0 fully saturated rings. The number of hydrogen-bond donors (Lipinski definition) is 2. The molecule has 0 aromatic carbocycles. The van der Waals surface area contributed by atoms with Crippen molar-refractivity contribution in [2.24, 2.45) is 5.92 Å². The number of carbonyl (C=O) groups is 1. The van der Waals surface area contributed by atoms with E-state index in [-0.39, 0.29) is 18.4 Å². The molecule has 1 aromatic rings. The van der Waals surface area contributed by atoms with E-state index < -0.39 is 0 Å². The first kappa shape index (κ1) is 14.9. The van der Waals surface area contributed by atoms with E-state index in [1.54, 1.807) is 0 Å². The molecule has 0 aliphatic rings. The number of aromatic nitrogens is 1. The van der Waals surface area contributed by atoms with Gasteiger partial charge >= 0.3 is 0 Å². The van der Waals surface area contributed by atoms with Crippen LogP contribution in [0.25, 0.3) is 0 Å². The summed E-state index contributed by atoms with van der Waals surface area (Å²) in [6, 6.07) is 0. The van der Waals surface area contributed by atoms with Crippen LogP contribution in [-0.4, -0.2) is 43.2 Å². The topological polar surface area (TPSA) is 65.5 Å². The number of rotatable bonds is 6. The van der Waals surface area contributed by atoms with Gasteiger partial charge in [-0.15, -0.1) is 0 Å². The fourth-order valence-electron chi connectivity index (χ4n) is 1.45. The highest BCUT2D eigenvalue weighted by atomic mass is 32.1. The molecule has 1 unspecified atom stereocenters. The number of aliphatic hydroxyl groups is 1. The maximum absolute atomic E-state index is 12.0. The van der Waals surface area contributed by atoms with Crippen molar-refractivity contribution in [3.63, 3.8) is 0 Å². The Hall–Kier alpha value is -1.14. The zero-order valence-corrected chi connectivity index (χ0v) is 12.2. The molecule has 0 spiro atoms. The predicted octanol–water partition coefficient (Wildman–Crippen LogP) is 1.27. The van der Waals surface area contributed by atoms with Gasteiger partial charge in [0.25, 0.3) is 5.91 Å². The van der Waals surface area contributed by atoms with Crippen molar-refractivity contribution in [1.82, 2.24) is 10.3 Å². The third-order valence-corrected chi connectivity index (χ3v) is 3.93. The van der Waals surface area contributed by atoms with E-state index in [9.17, 15) is 4.79 Å². The molecule has 0 aliphatic heterocycles. The number of amides is 1. The number of thiazole rings is 1. The molecule has 18 heavy (non-hydrogen) atoms. The second-order valence-corrected chi connectivity index (χ2v) is 5.61. The first-order valence-electron chi connectivity index (χ1n) is 5.99. The number of anilines is 1. The summed E-state index contributed by atoms with van der Waals surface area (Å²) in [5, 5.41) is 12.5. The van der Waals surface area contributed by atoms with Gasteiger partial charge in [0, 0.05) is 27.2 Å². The number of aliphatic hydroxyl groups excluding tert-OH is 1. The van der Waals surface area contributed by atoms with Crippen LogP contribution in [0.2, 0.25) is 0 Å². The lowest BCUT2D eigenvalue weighted by Crippen LogP contribution is -2.28. The molecule has 102 valence electrons. The lowest BCUT2D eigenvalue weighted by atomic mass is 10.1. The molecule has 0 saturated heterocycles. The Bertz CT molecular complexity index is 404. The largest absolute Gasteiger partial charge is 0.396 e. The minimum atomic E-state index is -0.0807. The standard InChI is InChI=1S/C12H21N3O2S/c1-8(5-6-16)7-13-11(17)10-9(2)14-12(18-10)15(3)4/h8,16H,5-7H2,1-4H3,(H,13,17). The SMILES string of the molecule is Cc1nc(N(C)C)sc1C(=O)NCC(C)CCO. The van der Waals surface area contributed by atoms with Crippen LogP contribution in [0.5, 0.6) is 0 Å². The van der Waals surface area contributed by atoms with Gasteiger partial charge in [0.05, 0.1) is 5.69 Å². The Labute approximate surface area is 112 Å². The van der Waals surface area contributed by atoms with Crippen LogP contribution in [-0.2, 0) is 0 Å². The van der Waals surface area contributed by atoms with E-state index >= 15 is 0 Å². The van der Waals surface area contributed by atoms with Gasteiger partial charge in [0.2, 0.25) is 0 Å². The van der Waals surface area contributed by atoms with E-state index in [0.717, 1.165) is 10.8 Å². The summed E-state index contributed by atoms with van der Waals surface area (Å²) in [5.74, 6) is 0.198. The van der Waals surface area contributed by atoms with Gasteiger partial charge in [-0.05, 0) is 19.3 Å². The summed E-state index contributed by atoms with van der Waals surface area (Å²) in [5.41, 5.74) is 0.760. The minimum Gasteiger partial charge on any atom is -0.396 e.